The predicted molar refractivity (Wildman–Crippen MR) is 49.7 cm³/mol. The van der Waals surface area contributed by atoms with E-state index >= 15 is 0 Å². The van der Waals surface area contributed by atoms with Gasteiger partial charge in [-0.1, -0.05) is 19.1 Å². The summed E-state index contributed by atoms with van der Waals surface area (Å²) < 4.78 is 0. The average Bonchev–Trinajstić information content (AvgIpc) is 2.01. The van der Waals surface area contributed by atoms with E-state index in [1.807, 2.05) is 0 Å². The van der Waals surface area contributed by atoms with Gasteiger partial charge in [-0.05, 0) is 37.0 Å². The highest BCUT2D eigenvalue weighted by Crippen LogP contribution is 2.20. The molecule has 1 aromatic rings. The zero-order chi connectivity index (χ0) is 8.43. The quantitative estimate of drug-likeness (QED) is 0.610. The first-order valence-corrected chi connectivity index (χ1v) is 4.01. The van der Waals surface area contributed by atoms with Crippen LogP contribution in [0.3, 0.4) is 0 Å². The first kappa shape index (κ1) is 8.12. The summed E-state index contributed by atoms with van der Waals surface area (Å²) in [6.45, 7) is 6.29. The summed E-state index contributed by atoms with van der Waals surface area (Å²) in [5.74, 6) is 0. The molecular formula is C10H15N. The molecule has 0 heterocycles. The Morgan fingerprint density at radius 1 is 1.27 bits per heavy atom. The molecule has 0 spiro atoms. The van der Waals surface area contributed by atoms with E-state index in [0.717, 1.165) is 12.1 Å². The van der Waals surface area contributed by atoms with Crippen LogP contribution in [0.4, 0.5) is 5.69 Å². The fourth-order valence-corrected chi connectivity index (χ4v) is 1.20. The molecule has 0 saturated heterocycles. The van der Waals surface area contributed by atoms with E-state index in [-0.39, 0.29) is 0 Å². The van der Waals surface area contributed by atoms with Crippen LogP contribution in [0.1, 0.15) is 23.6 Å². The molecule has 11 heavy (non-hydrogen) atoms. The van der Waals surface area contributed by atoms with Gasteiger partial charge in [0, 0.05) is 5.69 Å². The van der Waals surface area contributed by atoms with Crippen molar-refractivity contribution in [3.63, 3.8) is 0 Å². The third-order valence-electron chi connectivity index (χ3n) is 2.26. The number of hydrogen-bond donors (Lipinski definition) is 1. The molecule has 1 rings (SSSR count). The van der Waals surface area contributed by atoms with E-state index in [9.17, 15) is 0 Å². The third-order valence-corrected chi connectivity index (χ3v) is 2.26. The molecule has 0 aromatic heterocycles. The number of anilines is 1. The van der Waals surface area contributed by atoms with Gasteiger partial charge in [0.25, 0.3) is 0 Å². The Bertz CT molecular complexity index is 264. The van der Waals surface area contributed by atoms with Crippen molar-refractivity contribution in [3.8, 4) is 0 Å². The fourth-order valence-electron chi connectivity index (χ4n) is 1.20. The highest BCUT2D eigenvalue weighted by Gasteiger charge is 2.01. The molecule has 0 aliphatic carbocycles. The molecule has 0 radical (unpaired) electrons. The van der Waals surface area contributed by atoms with Crippen LogP contribution in [0.2, 0.25) is 0 Å². The summed E-state index contributed by atoms with van der Waals surface area (Å²) in [4.78, 5) is 0. The number of rotatable bonds is 1. The van der Waals surface area contributed by atoms with Crippen LogP contribution in [0.15, 0.2) is 12.1 Å². The molecule has 1 aromatic carbocycles. The van der Waals surface area contributed by atoms with Crippen molar-refractivity contribution in [2.75, 3.05) is 5.73 Å². The van der Waals surface area contributed by atoms with Crippen molar-refractivity contribution in [2.45, 2.75) is 27.2 Å². The fraction of sp³-hybridized carbons (Fsp3) is 0.400. The van der Waals surface area contributed by atoms with Crippen LogP contribution in [0, 0.1) is 13.8 Å². The summed E-state index contributed by atoms with van der Waals surface area (Å²) >= 11 is 0. The van der Waals surface area contributed by atoms with Gasteiger partial charge in [0.1, 0.15) is 0 Å². The van der Waals surface area contributed by atoms with E-state index in [0.29, 0.717) is 0 Å². The zero-order valence-corrected chi connectivity index (χ0v) is 7.44. The van der Waals surface area contributed by atoms with Crippen molar-refractivity contribution in [3.05, 3.63) is 28.8 Å². The Hall–Kier alpha value is -0.980. The molecule has 2 N–H and O–H groups in total. The van der Waals surface area contributed by atoms with Gasteiger partial charge in [0.2, 0.25) is 0 Å². The van der Waals surface area contributed by atoms with Crippen molar-refractivity contribution < 1.29 is 0 Å². The monoisotopic (exact) mass is 149 g/mol. The smallest absolute Gasteiger partial charge is 0.0378 e. The molecule has 0 amide bonds. The van der Waals surface area contributed by atoms with Crippen LogP contribution >= 0.6 is 0 Å². The highest BCUT2D eigenvalue weighted by molar-refractivity contribution is 5.56. The molecule has 1 nitrogen and oxygen atoms in total. The van der Waals surface area contributed by atoms with Gasteiger partial charge in [-0.3, -0.25) is 0 Å². The minimum atomic E-state index is 0.965. The van der Waals surface area contributed by atoms with Crippen LogP contribution < -0.4 is 5.73 Å². The summed E-state index contributed by atoms with van der Waals surface area (Å²) in [6, 6.07) is 4.24. The Balaban J connectivity index is 3.25. The Morgan fingerprint density at radius 3 is 2.45 bits per heavy atom. The molecule has 60 valence electrons. The lowest BCUT2D eigenvalue weighted by Crippen LogP contribution is -1.97. The summed E-state index contributed by atoms with van der Waals surface area (Å²) in [7, 11) is 0. The maximum Gasteiger partial charge on any atom is 0.0378 e. The minimum absolute atomic E-state index is 0.965. The normalized spacial score (nSPS) is 10.1. The molecule has 1 heteroatoms. The van der Waals surface area contributed by atoms with Gasteiger partial charge < -0.3 is 5.73 Å². The van der Waals surface area contributed by atoms with Crippen molar-refractivity contribution in [2.24, 2.45) is 0 Å². The second kappa shape index (κ2) is 2.95. The number of nitrogens with two attached hydrogens (primary N) is 1. The average molecular weight is 149 g/mol. The van der Waals surface area contributed by atoms with Gasteiger partial charge in [-0.15, -0.1) is 0 Å². The van der Waals surface area contributed by atoms with Crippen LogP contribution in [0.5, 0.6) is 0 Å². The van der Waals surface area contributed by atoms with Gasteiger partial charge in [0.05, 0.1) is 0 Å². The summed E-state index contributed by atoms with van der Waals surface area (Å²) in [5.41, 5.74) is 10.6. The van der Waals surface area contributed by atoms with E-state index in [2.05, 4.69) is 32.9 Å². The van der Waals surface area contributed by atoms with Gasteiger partial charge in [-0.2, -0.15) is 0 Å². The summed E-state index contributed by atoms with van der Waals surface area (Å²) in [6.07, 6.45) is 1.02. The van der Waals surface area contributed by atoms with Crippen LogP contribution in [-0.4, -0.2) is 0 Å². The second-order valence-corrected chi connectivity index (χ2v) is 2.93. The topological polar surface area (TPSA) is 26.0 Å². The highest BCUT2D eigenvalue weighted by atomic mass is 14.6. The third kappa shape index (κ3) is 1.37. The van der Waals surface area contributed by atoms with Crippen LogP contribution in [0.25, 0.3) is 0 Å². The Labute approximate surface area is 68.2 Å². The second-order valence-electron chi connectivity index (χ2n) is 2.93. The molecule has 0 bridgehead atoms. The lowest BCUT2D eigenvalue weighted by atomic mass is 10.0. The molecular weight excluding hydrogens is 134 g/mol. The minimum Gasteiger partial charge on any atom is -0.398 e. The predicted octanol–water partition coefficient (Wildman–Crippen LogP) is 2.45. The Morgan fingerprint density at radius 2 is 1.91 bits per heavy atom. The van der Waals surface area contributed by atoms with Gasteiger partial charge in [0.15, 0.2) is 0 Å². The first-order valence-electron chi connectivity index (χ1n) is 4.01. The zero-order valence-electron chi connectivity index (χ0n) is 7.44. The number of aryl methyl sites for hydroxylation is 2. The molecule has 0 saturated carbocycles. The summed E-state index contributed by atoms with van der Waals surface area (Å²) in [5, 5.41) is 0. The molecule has 0 aliphatic heterocycles. The molecule has 0 unspecified atom stereocenters. The maximum atomic E-state index is 5.89. The van der Waals surface area contributed by atoms with Crippen molar-refractivity contribution >= 4 is 5.69 Å². The van der Waals surface area contributed by atoms with Crippen molar-refractivity contribution in [1.29, 1.82) is 0 Å². The largest absolute Gasteiger partial charge is 0.398 e. The molecule has 0 atom stereocenters. The van der Waals surface area contributed by atoms with E-state index in [4.69, 9.17) is 5.73 Å². The first-order chi connectivity index (χ1) is 5.16. The lowest BCUT2D eigenvalue weighted by Gasteiger charge is -2.08. The molecule has 0 aliphatic rings. The van der Waals surface area contributed by atoms with Gasteiger partial charge in [-0.25, -0.2) is 0 Å². The Kier molecular flexibility index (Phi) is 2.18. The standard InChI is InChI=1S/C10H15N/c1-4-9-6-5-7(2)8(3)10(9)11/h5-6H,4,11H2,1-3H3. The number of nitrogen functional groups attached to an aromatic ring is 1. The maximum absolute atomic E-state index is 5.89. The SMILES string of the molecule is CCc1ccc(C)c(C)c1N. The van der Waals surface area contributed by atoms with Crippen LogP contribution in [-0.2, 0) is 6.42 Å². The number of hydrogen-bond acceptors (Lipinski definition) is 1. The van der Waals surface area contributed by atoms with E-state index < -0.39 is 0 Å². The molecule has 0 fully saturated rings. The van der Waals surface area contributed by atoms with Gasteiger partial charge >= 0.3 is 0 Å². The van der Waals surface area contributed by atoms with Crippen molar-refractivity contribution in [1.82, 2.24) is 0 Å². The van der Waals surface area contributed by atoms with E-state index in [1.54, 1.807) is 0 Å². The lowest BCUT2D eigenvalue weighted by molar-refractivity contribution is 1.13. The number of benzene rings is 1. The van der Waals surface area contributed by atoms with E-state index in [1.165, 1.54) is 16.7 Å².